The molecular formula is C18H16F3N3O4. The number of ether oxygens (including phenoxy) is 2. The Morgan fingerprint density at radius 2 is 1.75 bits per heavy atom. The van der Waals surface area contributed by atoms with E-state index in [0.29, 0.717) is 17.1 Å². The molecule has 0 saturated heterocycles. The van der Waals surface area contributed by atoms with Gasteiger partial charge in [0.1, 0.15) is 0 Å². The summed E-state index contributed by atoms with van der Waals surface area (Å²) < 4.78 is 48.3. The van der Waals surface area contributed by atoms with Gasteiger partial charge in [0.15, 0.2) is 11.5 Å². The molecule has 0 saturated carbocycles. The lowest BCUT2D eigenvalue weighted by molar-refractivity contribution is -0.137. The van der Waals surface area contributed by atoms with Gasteiger partial charge in [0.25, 0.3) is 0 Å². The molecule has 2 rings (SSSR count). The van der Waals surface area contributed by atoms with Gasteiger partial charge in [0, 0.05) is 11.3 Å². The van der Waals surface area contributed by atoms with Gasteiger partial charge in [-0.05, 0) is 30.3 Å². The number of alkyl halides is 3. The molecule has 28 heavy (non-hydrogen) atoms. The number of methoxy groups -OCH3 is 2. The molecule has 0 aliphatic heterocycles. The van der Waals surface area contributed by atoms with E-state index in [4.69, 9.17) is 9.47 Å². The van der Waals surface area contributed by atoms with Crippen molar-refractivity contribution in [1.29, 1.82) is 0 Å². The van der Waals surface area contributed by atoms with E-state index in [9.17, 15) is 22.8 Å². The maximum atomic E-state index is 12.7. The second-order valence-electron chi connectivity index (χ2n) is 5.31. The van der Waals surface area contributed by atoms with Crippen LogP contribution in [0.25, 0.3) is 0 Å². The van der Waals surface area contributed by atoms with Gasteiger partial charge in [-0.2, -0.15) is 18.3 Å². The van der Waals surface area contributed by atoms with Crippen molar-refractivity contribution in [3.63, 3.8) is 0 Å². The molecular weight excluding hydrogens is 379 g/mol. The van der Waals surface area contributed by atoms with Crippen molar-refractivity contribution in [2.75, 3.05) is 19.5 Å². The summed E-state index contributed by atoms with van der Waals surface area (Å²) in [6.45, 7) is 0. The summed E-state index contributed by atoms with van der Waals surface area (Å²) in [5.74, 6) is -1.51. The average Bonchev–Trinajstić information content (AvgIpc) is 2.67. The monoisotopic (exact) mass is 395 g/mol. The molecule has 0 unspecified atom stereocenters. The van der Waals surface area contributed by atoms with Gasteiger partial charge < -0.3 is 14.8 Å². The van der Waals surface area contributed by atoms with E-state index in [1.807, 2.05) is 5.43 Å². The van der Waals surface area contributed by atoms with Crippen LogP contribution in [0.5, 0.6) is 11.5 Å². The highest BCUT2D eigenvalue weighted by Gasteiger charge is 2.30. The van der Waals surface area contributed by atoms with Gasteiger partial charge >= 0.3 is 18.0 Å². The first-order valence-electron chi connectivity index (χ1n) is 7.79. The lowest BCUT2D eigenvalue weighted by atomic mass is 10.2. The summed E-state index contributed by atoms with van der Waals surface area (Å²) in [7, 11) is 2.88. The molecule has 0 aromatic heterocycles. The van der Waals surface area contributed by atoms with Crippen LogP contribution in [0.2, 0.25) is 0 Å². The molecule has 2 aromatic carbocycles. The zero-order valence-corrected chi connectivity index (χ0v) is 14.8. The Kier molecular flexibility index (Phi) is 6.59. The summed E-state index contributed by atoms with van der Waals surface area (Å²) in [6.07, 6.45) is -3.33. The van der Waals surface area contributed by atoms with Crippen molar-refractivity contribution in [2.24, 2.45) is 5.10 Å². The van der Waals surface area contributed by atoms with Crippen LogP contribution in [0, 0.1) is 0 Å². The molecule has 2 amide bonds. The van der Waals surface area contributed by atoms with Crippen LogP contribution < -0.4 is 20.2 Å². The van der Waals surface area contributed by atoms with Crippen LogP contribution in [0.4, 0.5) is 18.9 Å². The van der Waals surface area contributed by atoms with Gasteiger partial charge in [-0.15, -0.1) is 0 Å². The summed E-state index contributed by atoms with van der Waals surface area (Å²) in [6, 6.07) is 8.88. The predicted molar refractivity (Wildman–Crippen MR) is 95.4 cm³/mol. The van der Waals surface area contributed by atoms with Crippen LogP contribution >= 0.6 is 0 Å². The molecule has 0 bridgehead atoms. The van der Waals surface area contributed by atoms with E-state index >= 15 is 0 Å². The number of carbonyl (C=O) groups excluding carboxylic acids is 2. The lowest BCUT2D eigenvalue weighted by Crippen LogP contribution is -2.32. The fourth-order valence-electron chi connectivity index (χ4n) is 2.19. The number of anilines is 1. The van der Waals surface area contributed by atoms with Crippen molar-refractivity contribution in [2.45, 2.75) is 6.18 Å². The number of hydrazone groups is 1. The van der Waals surface area contributed by atoms with E-state index in [-0.39, 0.29) is 5.69 Å². The minimum atomic E-state index is -4.57. The second-order valence-corrected chi connectivity index (χ2v) is 5.31. The molecule has 0 radical (unpaired) electrons. The topological polar surface area (TPSA) is 89.0 Å². The number of carbonyl (C=O) groups is 2. The SMILES string of the molecule is COc1cccc(/C=N/NC(=O)C(=O)Nc2cccc(C(F)(F)F)c2)c1OC. The number of hydrogen-bond donors (Lipinski definition) is 2. The van der Waals surface area contributed by atoms with E-state index in [1.165, 1.54) is 26.5 Å². The summed E-state index contributed by atoms with van der Waals surface area (Å²) in [4.78, 5) is 23.6. The smallest absolute Gasteiger partial charge is 0.416 e. The third kappa shape index (κ3) is 5.22. The molecule has 0 aliphatic carbocycles. The fourth-order valence-corrected chi connectivity index (χ4v) is 2.19. The van der Waals surface area contributed by atoms with Crippen LogP contribution in [0.1, 0.15) is 11.1 Å². The Labute approximate surface area is 158 Å². The number of amides is 2. The highest BCUT2D eigenvalue weighted by molar-refractivity contribution is 6.39. The Morgan fingerprint density at radius 3 is 2.39 bits per heavy atom. The zero-order chi connectivity index (χ0) is 20.7. The highest BCUT2D eigenvalue weighted by atomic mass is 19.4. The first-order chi connectivity index (χ1) is 13.3. The maximum absolute atomic E-state index is 12.7. The summed E-state index contributed by atoms with van der Waals surface area (Å²) >= 11 is 0. The Morgan fingerprint density at radius 1 is 1.04 bits per heavy atom. The highest BCUT2D eigenvalue weighted by Crippen LogP contribution is 2.31. The standard InChI is InChI=1S/C18H16F3N3O4/c1-27-14-8-3-5-11(15(14)28-2)10-22-24-17(26)16(25)23-13-7-4-6-12(9-13)18(19,20)21/h3-10H,1-2H3,(H,23,25)(H,24,26)/b22-10+. The molecule has 0 spiro atoms. The number of nitrogens with one attached hydrogen (secondary N) is 2. The van der Waals surface area contributed by atoms with Crippen LogP contribution in [-0.4, -0.2) is 32.2 Å². The van der Waals surface area contributed by atoms with Crippen LogP contribution in [0.15, 0.2) is 47.6 Å². The average molecular weight is 395 g/mol. The van der Waals surface area contributed by atoms with Gasteiger partial charge in [0.2, 0.25) is 0 Å². The van der Waals surface area contributed by atoms with Crippen molar-refractivity contribution in [3.05, 3.63) is 53.6 Å². The minimum Gasteiger partial charge on any atom is -0.493 e. The van der Waals surface area contributed by atoms with Crippen LogP contribution in [-0.2, 0) is 15.8 Å². The van der Waals surface area contributed by atoms with E-state index in [2.05, 4.69) is 10.4 Å². The number of rotatable bonds is 5. The third-order valence-electron chi connectivity index (χ3n) is 3.46. The van der Waals surface area contributed by atoms with E-state index in [1.54, 1.807) is 18.2 Å². The molecule has 0 heterocycles. The normalized spacial score (nSPS) is 11.2. The molecule has 148 valence electrons. The van der Waals surface area contributed by atoms with E-state index < -0.39 is 23.6 Å². The van der Waals surface area contributed by atoms with Crippen molar-refractivity contribution in [1.82, 2.24) is 5.43 Å². The van der Waals surface area contributed by atoms with Crippen molar-refractivity contribution < 1.29 is 32.2 Å². The first kappa shape index (κ1) is 20.7. The molecule has 7 nitrogen and oxygen atoms in total. The predicted octanol–water partition coefficient (Wildman–Crippen LogP) is 2.81. The van der Waals surface area contributed by atoms with Gasteiger partial charge in [0.05, 0.1) is 26.0 Å². The molecule has 2 N–H and O–H groups in total. The largest absolute Gasteiger partial charge is 0.493 e. The lowest BCUT2D eigenvalue weighted by Gasteiger charge is -2.10. The summed E-state index contributed by atoms with van der Waals surface area (Å²) in [5.41, 5.74) is 1.33. The number of benzene rings is 2. The van der Waals surface area contributed by atoms with Gasteiger partial charge in [-0.25, -0.2) is 5.43 Å². The molecule has 10 heteroatoms. The molecule has 0 fully saturated rings. The number of halogens is 3. The van der Waals surface area contributed by atoms with Crippen LogP contribution in [0.3, 0.4) is 0 Å². The Hall–Kier alpha value is -3.56. The van der Waals surface area contributed by atoms with E-state index in [0.717, 1.165) is 18.2 Å². The quantitative estimate of drug-likeness (QED) is 0.463. The summed E-state index contributed by atoms with van der Waals surface area (Å²) in [5, 5.41) is 5.72. The number of para-hydroxylation sites is 1. The molecule has 0 aliphatic rings. The molecule has 0 atom stereocenters. The Balaban J connectivity index is 2.02. The van der Waals surface area contributed by atoms with Crippen molar-refractivity contribution in [3.8, 4) is 11.5 Å². The second kappa shape index (κ2) is 8.89. The van der Waals surface area contributed by atoms with Gasteiger partial charge in [-0.3, -0.25) is 9.59 Å². The zero-order valence-electron chi connectivity index (χ0n) is 14.8. The maximum Gasteiger partial charge on any atom is 0.416 e. The number of hydrogen-bond acceptors (Lipinski definition) is 5. The van der Waals surface area contributed by atoms with Gasteiger partial charge in [-0.1, -0.05) is 12.1 Å². The fraction of sp³-hybridized carbons (Fsp3) is 0.167. The number of nitrogens with zero attached hydrogens (tertiary/aromatic N) is 1. The molecule has 2 aromatic rings. The third-order valence-corrected chi connectivity index (χ3v) is 3.46. The first-order valence-corrected chi connectivity index (χ1v) is 7.79. The minimum absolute atomic E-state index is 0.173. The van der Waals surface area contributed by atoms with Crippen molar-refractivity contribution >= 4 is 23.7 Å². The Bertz CT molecular complexity index is 898.